The molecule has 1 aliphatic heterocycles. The molecule has 0 spiro atoms. The summed E-state index contributed by atoms with van der Waals surface area (Å²) >= 11 is 1.99. The minimum Gasteiger partial charge on any atom is -0.355 e. The third-order valence-corrected chi connectivity index (χ3v) is 5.17. The first-order valence-corrected chi connectivity index (χ1v) is 8.26. The topological polar surface area (TPSA) is 55.1 Å². The lowest BCUT2D eigenvalue weighted by molar-refractivity contribution is -0.121. The summed E-state index contributed by atoms with van der Waals surface area (Å²) in [5.41, 5.74) is 5.61. The van der Waals surface area contributed by atoms with Crippen molar-refractivity contribution in [2.24, 2.45) is 17.6 Å². The van der Waals surface area contributed by atoms with Gasteiger partial charge in [-0.25, -0.2) is 0 Å². The predicted octanol–water partition coefficient (Wildman–Crippen LogP) is 2.40. The Balaban J connectivity index is 2.14. The van der Waals surface area contributed by atoms with Crippen LogP contribution in [0.25, 0.3) is 0 Å². The van der Waals surface area contributed by atoms with Crippen molar-refractivity contribution in [3.05, 3.63) is 0 Å². The molecule has 1 rings (SSSR count). The van der Waals surface area contributed by atoms with E-state index in [1.54, 1.807) is 0 Å². The number of rotatable bonds is 8. The van der Waals surface area contributed by atoms with Gasteiger partial charge in [0.15, 0.2) is 0 Å². The van der Waals surface area contributed by atoms with Gasteiger partial charge in [-0.1, -0.05) is 13.8 Å². The molecule has 3 nitrogen and oxygen atoms in total. The number of nitrogens with two attached hydrogens (primary N) is 1. The average molecular weight is 272 g/mol. The van der Waals surface area contributed by atoms with Crippen molar-refractivity contribution in [2.45, 2.75) is 51.2 Å². The zero-order chi connectivity index (χ0) is 13.4. The molecule has 0 bridgehead atoms. The van der Waals surface area contributed by atoms with E-state index in [-0.39, 0.29) is 5.91 Å². The summed E-state index contributed by atoms with van der Waals surface area (Å²) in [5.74, 6) is 2.67. The highest BCUT2D eigenvalue weighted by atomic mass is 32.2. The van der Waals surface area contributed by atoms with Gasteiger partial charge in [0.25, 0.3) is 0 Å². The van der Waals surface area contributed by atoms with E-state index in [2.05, 4.69) is 19.2 Å². The van der Waals surface area contributed by atoms with Gasteiger partial charge in [0.1, 0.15) is 0 Å². The standard InChI is InChI=1S/C14H28N2OS/c1-11(2)12(7-8-15)5-6-14(17)16-10-13-4-3-9-18-13/h11-13H,3-10,15H2,1-2H3,(H,16,17). The minimum absolute atomic E-state index is 0.213. The lowest BCUT2D eigenvalue weighted by Crippen LogP contribution is -2.30. The number of thioether (sulfide) groups is 1. The molecule has 0 aromatic heterocycles. The van der Waals surface area contributed by atoms with Crippen LogP contribution in [-0.2, 0) is 4.79 Å². The van der Waals surface area contributed by atoms with Crippen molar-refractivity contribution in [3.8, 4) is 0 Å². The van der Waals surface area contributed by atoms with Crippen molar-refractivity contribution in [1.82, 2.24) is 5.32 Å². The summed E-state index contributed by atoms with van der Waals surface area (Å²) in [6.45, 7) is 6.01. The highest BCUT2D eigenvalue weighted by Gasteiger charge is 2.17. The van der Waals surface area contributed by atoms with Gasteiger partial charge in [0, 0.05) is 18.2 Å². The molecule has 0 saturated carbocycles. The Kier molecular flexibility index (Phi) is 7.75. The zero-order valence-electron chi connectivity index (χ0n) is 11.8. The van der Waals surface area contributed by atoms with Crippen molar-refractivity contribution in [2.75, 3.05) is 18.8 Å². The lowest BCUT2D eigenvalue weighted by Gasteiger charge is -2.20. The predicted molar refractivity (Wildman–Crippen MR) is 79.7 cm³/mol. The van der Waals surface area contributed by atoms with Crippen molar-refractivity contribution in [1.29, 1.82) is 0 Å². The maximum atomic E-state index is 11.8. The fourth-order valence-electron chi connectivity index (χ4n) is 2.46. The zero-order valence-corrected chi connectivity index (χ0v) is 12.6. The summed E-state index contributed by atoms with van der Waals surface area (Å²) in [5, 5.41) is 3.72. The molecule has 3 N–H and O–H groups in total. The summed E-state index contributed by atoms with van der Waals surface area (Å²) in [7, 11) is 0. The Morgan fingerprint density at radius 2 is 2.22 bits per heavy atom. The Morgan fingerprint density at radius 3 is 2.78 bits per heavy atom. The lowest BCUT2D eigenvalue weighted by atomic mass is 9.88. The molecule has 2 unspecified atom stereocenters. The molecule has 0 radical (unpaired) electrons. The van der Waals surface area contributed by atoms with E-state index >= 15 is 0 Å². The molecule has 1 saturated heterocycles. The van der Waals surface area contributed by atoms with E-state index in [4.69, 9.17) is 5.73 Å². The number of carbonyl (C=O) groups excluding carboxylic acids is 1. The molecule has 0 aliphatic carbocycles. The second-order valence-electron chi connectivity index (χ2n) is 5.56. The van der Waals surface area contributed by atoms with Crippen LogP contribution in [0.3, 0.4) is 0 Å². The molecule has 2 atom stereocenters. The highest BCUT2D eigenvalue weighted by Crippen LogP contribution is 2.25. The van der Waals surface area contributed by atoms with Crippen LogP contribution < -0.4 is 11.1 Å². The number of amides is 1. The molecule has 18 heavy (non-hydrogen) atoms. The van der Waals surface area contributed by atoms with Crippen LogP contribution in [0.1, 0.15) is 46.0 Å². The molecule has 0 aromatic carbocycles. The third-order valence-electron chi connectivity index (χ3n) is 3.77. The Labute approximate surface area is 116 Å². The molecule has 4 heteroatoms. The second-order valence-corrected chi connectivity index (χ2v) is 6.97. The van der Waals surface area contributed by atoms with E-state index in [0.29, 0.717) is 23.5 Å². The SMILES string of the molecule is CC(C)C(CCN)CCC(=O)NCC1CCCS1. The number of carbonyl (C=O) groups is 1. The maximum Gasteiger partial charge on any atom is 0.220 e. The van der Waals surface area contributed by atoms with E-state index in [9.17, 15) is 4.79 Å². The first-order valence-electron chi connectivity index (χ1n) is 7.21. The van der Waals surface area contributed by atoms with Crippen LogP contribution >= 0.6 is 11.8 Å². The molecule has 106 valence electrons. The molecule has 1 fully saturated rings. The fourth-order valence-corrected chi connectivity index (χ4v) is 3.66. The van der Waals surface area contributed by atoms with Crippen molar-refractivity contribution in [3.63, 3.8) is 0 Å². The molecule has 0 aromatic rings. The molecular formula is C14H28N2OS. The number of hydrogen-bond acceptors (Lipinski definition) is 3. The summed E-state index contributed by atoms with van der Waals surface area (Å²) in [4.78, 5) is 11.8. The molecular weight excluding hydrogens is 244 g/mol. The fraction of sp³-hybridized carbons (Fsp3) is 0.929. The van der Waals surface area contributed by atoms with E-state index in [1.807, 2.05) is 11.8 Å². The molecule has 1 aliphatic rings. The summed E-state index contributed by atoms with van der Waals surface area (Å²) in [6, 6.07) is 0. The van der Waals surface area contributed by atoms with Gasteiger partial charge < -0.3 is 11.1 Å². The van der Waals surface area contributed by atoms with Gasteiger partial charge in [-0.05, 0) is 49.8 Å². The van der Waals surface area contributed by atoms with Gasteiger partial charge >= 0.3 is 0 Å². The number of hydrogen-bond donors (Lipinski definition) is 2. The highest BCUT2D eigenvalue weighted by molar-refractivity contribution is 8.00. The van der Waals surface area contributed by atoms with Crippen molar-refractivity contribution >= 4 is 17.7 Å². The van der Waals surface area contributed by atoms with Crippen LogP contribution in [-0.4, -0.2) is 30.0 Å². The maximum absolute atomic E-state index is 11.8. The average Bonchev–Trinajstić information content (AvgIpc) is 2.84. The quantitative estimate of drug-likeness (QED) is 0.713. The van der Waals surface area contributed by atoms with Gasteiger partial charge in [0.2, 0.25) is 5.91 Å². The van der Waals surface area contributed by atoms with Gasteiger partial charge in [-0.3, -0.25) is 4.79 Å². The van der Waals surface area contributed by atoms with Crippen LogP contribution in [0.15, 0.2) is 0 Å². The van der Waals surface area contributed by atoms with Gasteiger partial charge in [-0.15, -0.1) is 0 Å². The largest absolute Gasteiger partial charge is 0.355 e. The second kappa shape index (κ2) is 8.81. The van der Waals surface area contributed by atoms with E-state index in [1.165, 1.54) is 18.6 Å². The minimum atomic E-state index is 0.213. The van der Waals surface area contributed by atoms with Crippen LogP contribution in [0.4, 0.5) is 0 Å². The van der Waals surface area contributed by atoms with Crippen LogP contribution in [0.5, 0.6) is 0 Å². The summed E-state index contributed by atoms with van der Waals surface area (Å²) in [6.07, 6.45) is 5.21. The normalized spacial score (nSPS) is 21.2. The first kappa shape index (κ1) is 15.8. The molecule has 1 heterocycles. The van der Waals surface area contributed by atoms with E-state index < -0.39 is 0 Å². The monoisotopic (exact) mass is 272 g/mol. The Morgan fingerprint density at radius 1 is 1.44 bits per heavy atom. The van der Waals surface area contributed by atoms with Gasteiger partial charge in [0.05, 0.1) is 0 Å². The first-order chi connectivity index (χ1) is 8.63. The van der Waals surface area contributed by atoms with E-state index in [0.717, 1.165) is 25.9 Å². The third kappa shape index (κ3) is 6.10. The van der Waals surface area contributed by atoms with Crippen LogP contribution in [0.2, 0.25) is 0 Å². The van der Waals surface area contributed by atoms with Gasteiger partial charge in [-0.2, -0.15) is 11.8 Å². The molecule has 1 amide bonds. The van der Waals surface area contributed by atoms with Crippen molar-refractivity contribution < 1.29 is 4.79 Å². The Bertz CT molecular complexity index is 240. The smallest absolute Gasteiger partial charge is 0.220 e. The summed E-state index contributed by atoms with van der Waals surface area (Å²) < 4.78 is 0. The van der Waals surface area contributed by atoms with Crippen LogP contribution in [0, 0.1) is 11.8 Å². The Hall–Kier alpha value is -0.220. The number of nitrogens with one attached hydrogen (secondary N) is 1.